The van der Waals surface area contributed by atoms with Crippen LogP contribution in [0, 0.1) is 28.9 Å². The number of halogens is 5. The summed E-state index contributed by atoms with van der Waals surface area (Å²) in [5, 5.41) is 2.24. The minimum absolute atomic E-state index is 0.0844. The minimum atomic E-state index is -4.65. The number of oxazole rings is 1. The summed E-state index contributed by atoms with van der Waals surface area (Å²) in [6, 6.07) is 1.64. The number of hydrogen-bond donors (Lipinski definition) is 1. The molecule has 1 aromatic carbocycles. The molecule has 2 aliphatic carbocycles. The van der Waals surface area contributed by atoms with E-state index in [9.17, 15) is 26.7 Å². The maximum Gasteiger partial charge on any atom is 0.396 e. The zero-order valence-corrected chi connectivity index (χ0v) is 19.2. The number of aromatic nitrogens is 1. The smallest absolute Gasteiger partial charge is 0.396 e. The van der Waals surface area contributed by atoms with Crippen LogP contribution in [0.3, 0.4) is 0 Å². The standard InChI is InChI=1S/C24H24F5N3O4/c25-16-6-14(7-17(26)20(16)35-15-4-12-3-13(12)5-15)30-21(33)19-18(8-24(27,28)29)36-22(31-19)32-9-23(10-32)1-2-34-11-23/h6-7,12-13,15H,1-5,8-11H2,(H,30,33)/t12-,13?,15?/m0/s1. The summed E-state index contributed by atoms with van der Waals surface area (Å²) in [6.07, 6.45) is -2.96. The van der Waals surface area contributed by atoms with Crippen molar-refractivity contribution in [2.24, 2.45) is 17.3 Å². The Labute approximate surface area is 202 Å². The molecule has 1 spiro atoms. The molecule has 36 heavy (non-hydrogen) atoms. The van der Waals surface area contributed by atoms with E-state index < -0.39 is 47.3 Å². The van der Waals surface area contributed by atoms with Crippen molar-refractivity contribution >= 4 is 17.6 Å². The molecule has 2 aliphatic heterocycles. The molecule has 3 heterocycles. The van der Waals surface area contributed by atoms with Gasteiger partial charge >= 0.3 is 6.18 Å². The number of amides is 1. The molecule has 2 saturated heterocycles. The molecule has 1 aromatic heterocycles. The Morgan fingerprint density at radius 1 is 1.17 bits per heavy atom. The van der Waals surface area contributed by atoms with E-state index in [-0.39, 0.29) is 23.2 Å². The minimum Gasteiger partial charge on any atom is -0.484 e. The Kier molecular flexibility index (Phi) is 5.43. The number of nitrogens with zero attached hydrogens (tertiary/aromatic N) is 2. The van der Waals surface area contributed by atoms with Crippen LogP contribution >= 0.6 is 0 Å². The average molecular weight is 513 g/mol. The van der Waals surface area contributed by atoms with Crippen LogP contribution in [0.1, 0.15) is 41.9 Å². The van der Waals surface area contributed by atoms with E-state index in [2.05, 4.69) is 10.3 Å². The second-order valence-corrected chi connectivity index (χ2v) is 10.4. The number of fused-ring (bicyclic) bond motifs is 1. The number of carbonyl (C=O) groups excluding carboxylic acids is 1. The van der Waals surface area contributed by atoms with Crippen molar-refractivity contribution < 1.29 is 40.6 Å². The summed E-state index contributed by atoms with van der Waals surface area (Å²) in [5.41, 5.74) is -0.943. The van der Waals surface area contributed by atoms with E-state index in [0.29, 0.717) is 38.1 Å². The van der Waals surface area contributed by atoms with Crippen LogP contribution in [0.2, 0.25) is 0 Å². The van der Waals surface area contributed by atoms with Gasteiger partial charge in [0.1, 0.15) is 12.2 Å². The third-order valence-electron chi connectivity index (χ3n) is 7.51. The number of anilines is 2. The lowest BCUT2D eigenvalue weighted by Crippen LogP contribution is -2.57. The first-order chi connectivity index (χ1) is 17.1. The molecule has 1 N–H and O–H groups in total. The van der Waals surface area contributed by atoms with Gasteiger partial charge in [-0.1, -0.05) is 0 Å². The fourth-order valence-electron chi connectivity index (χ4n) is 5.61. The monoisotopic (exact) mass is 513 g/mol. The third-order valence-corrected chi connectivity index (χ3v) is 7.51. The predicted molar refractivity (Wildman–Crippen MR) is 116 cm³/mol. The number of rotatable bonds is 6. The van der Waals surface area contributed by atoms with Crippen LogP contribution in [0.4, 0.5) is 33.7 Å². The first-order valence-corrected chi connectivity index (χ1v) is 11.9. The topological polar surface area (TPSA) is 76.8 Å². The highest BCUT2D eigenvalue weighted by atomic mass is 19.4. The van der Waals surface area contributed by atoms with E-state index in [0.717, 1.165) is 37.8 Å². The van der Waals surface area contributed by atoms with E-state index in [4.69, 9.17) is 13.9 Å². The quantitative estimate of drug-likeness (QED) is 0.564. The summed E-state index contributed by atoms with van der Waals surface area (Å²) < 4.78 is 84.9. The summed E-state index contributed by atoms with van der Waals surface area (Å²) in [6.45, 7) is 2.14. The molecule has 2 unspecified atom stereocenters. The van der Waals surface area contributed by atoms with E-state index in [1.165, 1.54) is 0 Å². The summed E-state index contributed by atoms with van der Waals surface area (Å²) in [4.78, 5) is 18.5. The zero-order valence-electron chi connectivity index (χ0n) is 19.2. The number of ether oxygens (including phenoxy) is 2. The van der Waals surface area contributed by atoms with Gasteiger partial charge in [-0.05, 0) is 37.5 Å². The van der Waals surface area contributed by atoms with Gasteiger partial charge in [-0.15, -0.1) is 0 Å². The van der Waals surface area contributed by atoms with Gasteiger partial charge in [0, 0.05) is 42.9 Å². The van der Waals surface area contributed by atoms with Gasteiger partial charge in [0.15, 0.2) is 23.1 Å². The number of carbonyl (C=O) groups is 1. The Bertz CT molecular complexity index is 1150. The molecule has 12 heteroatoms. The largest absolute Gasteiger partial charge is 0.484 e. The molecule has 194 valence electrons. The Hall–Kier alpha value is -2.89. The number of benzene rings is 1. The van der Waals surface area contributed by atoms with Gasteiger partial charge in [-0.2, -0.15) is 18.2 Å². The molecule has 7 nitrogen and oxygen atoms in total. The van der Waals surface area contributed by atoms with E-state index in [1.54, 1.807) is 4.90 Å². The molecule has 0 radical (unpaired) electrons. The van der Waals surface area contributed by atoms with Crippen LogP contribution in [-0.2, 0) is 11.2 Å². The number of nitrogens with one attached hydrogen (secondary N) is 1. The second kappa shape index (κ2) is 8.32. The van der Waals surface area contributed by atoms with Crippen LogP contribution < -0.4 is 15.0 Å². The number of hydrogen-bond acceptors (Lipinski definition) is 6. The molecule has 2 saturated carbocycles. The van der Waals surface area contributed by atoms with Crippen LogP contribution in [0.15, 0.2) is 16.5 Å². The van der Waals surface area contributed by atoms with Crippen molar-refractivity contribution in [3.05, 3.63) is 35.2 Å². The zero-order chi connectivity index (χ0) is 25.2. The molecule has 0 bridgehead atoms. The summed E-state index contributed by atoms with van der Waals surface area (Å²) in [5.74, 6) is -3.15. The van der Waals surface area contributed by atoms with Gasteiger partial charge in [-0.25, -0.2) is 8.78 Å². The summed E-state index contributed by atoms with van der Waals surface area (Å²) in [7, 11) is 0. The molecule has 4 fully saturated rings. The highest BCUT2D eigenvalue weighted by molar-refractivity contribution is 6.03. The molecule has 2 aromatic rings. The average Bonchev–Trinajstić information content (AvgIpc) is 3.15. The van der Waals surface area contributed by atoms with Gasteiger partial charge in [-0.3, -0.25) is 4.79 Å². The van der Waals surface area contributed by atoms with Crippen molar-refractivity contribution in [3.63, 3.8) is 0 Å². The maximum atomic E-state index is 14.6. The van der Waals surface area contributed by atoms with Crippen LogP contribution in [0.5, 0.6) is 5.75 Å². The molecule has 3 atom stereocenters. The fourth-order valence-corrected chi connectivity index (χ4v) is 5.61. The van der Waals surface area contributed by atoms with E-state index >= 15 is 0 Å². The van der Waals surface area contributed by atoms with Crippen molar-refractivity contribution in [2.45, 2.75) is 44.4 Å². The molecule has 6 rings (SSSR count). The van der Waals surface area contributed by atoms with Gasteiger partial charge < -0.3 is 24.1 Å². The SMILES string of the molecule is O=C(Nc1cc(F)c(OC2CC3C[C@H]3C2)c(F)c1)c1nc(N2CC3(CCOC3)C2)oc1CC(F)(F)F. The van der Waals surface area contributed by atoms with Crippen LogP contribution in [-0.4, -0.2) is 49.5 Å². The van der Waals surface area contributed by atoms with Gasteiger partial charge in [0.25, 0.3) is 11.9 Å². The van der Waals surface area contributed by atoms with Crippen molar-refractivity contribution in [1.82, 2.24) is 4.98 Å². The van der Waals surface area contributed by atoms with Crippen molar-refractivity contribution in [2.75, 3.05) is 36.5 Å². The van der Waals surface area contributed by atoms with Crippen LogP contribution in [0.25, 0.3) is 0 Å². The highest BCUT2D eigenvalue weighted by Crippen LogP contribution is 2.52. The Morgan fingerprint density at radius 2 is 1.86 bits per heavy atom. The van der Waals surface area contributed by atoms with Gasteiger partial charge in [0.05, 0.1) is 12.7 Å². The van der Waals surface area contributed by atoms with E-state index in [1.807, 2.05) is 0 Å². The Balaban J connectivity index is 1.18. The first kappa shape index (κ1) is 23.5. The van der Waals surface area contributed by atoms with Crippen molar-refractivity contribution in [3.8, 4) is 5.75 Å². The van der Waals surface area contributed by atoms with Crippen molar-refractivity contribution in [1.29, 1.82) is 0 Å². The lowest BCUT2D eigenvalue weighted by molar-refractivity contribution is -0.130. The second-order valence-electron chi connectivity index (χ2n) is 10.4. The number of alkyl halides is 3. The predicted octanol–water partition coefficient (Wildman–Crippen LogP) is 4.71. The lowest BCUT2D eigenvalue weighted by atomic mass is 9.80. The third kappa shape index (κ3) is 4.51. The van der Waals surface area contributed by atoms with Gasteiger partial charge in [0.2, 0.25) is 0 Å². The first-order valence-electron chi connectivity index (χ1n) is 11.9. The summed E-state index contributed by atoms with van der Waals surface area (Å²) >= 11 is 0. The highest BCUT2D eigenvalue weighted by Gasteiger charge is 2.48. The maximum absolute atomic E-state index is 14.6. The molecule has 4 aliphatic rings. The molecular weight excluding hydrogens is 489 g/mol. The molecule has 1 amide bonds. The lowest BCUT2D eigenvalue weighted by Gasteiger charge is -2.46. The molecular formula is C24H24F5N3O4. The normalized spacial score (nSPS) is 26.1. The fraction of sp³-hybridized carbons (Fsp3) is 0.583. The Morgan fingerprint density at radius 3 is 2.47 bits per heavy atom.